The topological polar surface area (TPSA) is 67.6 Å². The van der Waals surface area contributed by atoms with Crippen molar-refractivity contribution in [2.75, 3.05) is 5.73 Å². The highest BCUT2D eigenvalue weighted by molar-refractivity contribution is 6.37. The molecule has 0 amide bonds. The van der Waals surface area contributed by atoms with E-state index in [1.807, 2.05) is 13.0 Å². The molecule has 0 aliphatic heterocycles. The van der Waals surface area contributed by atoms with Crippen LogP contribution in [0.4, 0.5) is 10.2 Å². The lowest BCUT2D eigenvalue weighted by molar-refractivity contribution is 0.485. The van der Waals surface area contributed by atoms with E-state index in [4.69, 9.17) is 34.2 Å². The van der Waals surface area contributed by atoms with Crippen LogP contribution < -0.4 is 5.73 Å². The molecular weight excluding hydrogens is 302 g/mol. The fourth-order valence-electron chi connectivity index (χ4n) is 1.97. The molecule has 1 aromatic carbocycles. The number of aromatic nitrogens is 2. The molecule has 20 heavy (non-hydrogen) atoms. The number of nitrogens with zero attached hydrogens (tertiary/aromatic N) is 3. The zero-order chi connectivity index (χ0) is 14.9. The molecule has 7 heteroatoms. The van der Waals surface area contributed by atoms with Gasteiger partial charge in [-0.2, -0.15) is 10.4 Å². The Hall–Kier alpha value is -1.77. The Bertz CT molecular complexity index is 680. The molecule has 0 atom stereocenters. The Morgan fingerprint density at radius 3 is 2.40 bits per heavy atom. The Balaban J connectivity index is 2.70. The molecule has 0 radical (unpaired) electrons. The number of hydrogen-bond donors (Lipinski definition) is 1. The van der Waals surface area contributed by atoms with E-state index in [1.165, 1.54) is 16.8 Å². The van der Waals surface area contributed by atoms with Gasteiger partial charge in [0, 0.05) is 5.56 Å². The highest BCUT2D eigenvalue weighted by atomic mass is 35.5. The third-order valence-corrected chi connectivity index (χ3v) is 3.50. The zero-order valence-corrected chi connectivity index (χ0v) is 12.1. The van der Waals surface area contributed by atoms with Gasteiger partial charge in [0.15, 0.2) is 5.69 Å². The highest BCUT2D eigenvalue weighted by Crippen LogP contribution is 2.33. The van der Waals surface area contributed by atoms with Crippen LogP contribution in [0.15, 0.2) is 12.1 Å². The summed E-state index contributed by atoms with van der Waals surface area (Å²) >= 11 is 12.2. The average molecular weight is 313 g/mol. The molecule has 2 rings (SSSR count). The van der Waals surface area contributed by atoms with Crippen LogP contribution in [0.5, 0.6) is 0 Å². The summed E-state index contributed by atoms with van der Waals surface area (Å²) in [6, 6.07) is 4.90. The van der Waals surface area contributed by atoms with Crippen LogP contribution >= 0.6 is 23.2 Å². The second-order valence-corrected chi connectivity index (χ2v) is 4.95. The normalized spacial score (nSPS) is 10.6. The van der Waals surface area contributed by atoms with Gasteiger partial charge in [-0.25, -0.2) is 9.07 Å². The Labute approximate surface area is 125 Å². The minimum Gasteiger partial charge on any atom is -0.383 e. The SMILES string of the molecule is CCc1c(C#N)nn(-c2c(Cl)cc(CF)cc2Cl)c1N. The number of alkyl halides is 1. The van der Waals surface area contributed by atoms with Crippen molar-refractivity contribution in [3.63, 3.8) is 0 Å². The number of halogens is 3. The standard InChI is InChI=1S/C13H11Cl2FN4/c1-2-8-11(6-17)19-20(13(8)18)12-9(14)3-7(5-16)4-10(12)15/h3-4H,2,5,18H2,1H3. The second kappa shape index (κ2) is 5.70. The van der Waals surface area contributed by atoms with Gasteiger partial charge in [0.2, 0.25) is 0 Å². The Kier molecular flexibility index (Phi) is 4.17. The molecule has 0 saturated heterocycles. The number of nitrogens with two attached hydrogens (primary N) is 1. The first kappa shape index (κ1) is 14.6. The summed E-state index contributed by atoms with van der Waals surface area (Å²) in [4.78, 5) is 0. The lowest BCUT2D eigenvalue weighted by atomic mass is 10.2. The van der Waals surface area contributed by atoms with Gasteiger partial charge >= 0.3 is 0 Å². The summed E-state index contributed by atoms with van der Waals surface area (Å²) in [5.74, 6) is 0.306. The molecule has 0 saturated carbocycles. The van der Waals surface area contributed by atoms with E-state index in [0.717, 1.165) is 0 Å². The lowest BCUT2D eigenvalue weighted by Crippen LogP contribution is -2.05. The summed E-state index contributed by atoms with van der Waals surface area (Å²) in [6.07, 6.45) is 0.562. The number of nitrogen functional groups attached to an aromatic ring is 1. The molecule has 2 aromatic rings. The predicted octanol–water partition coefficient (Wildman–Crippen LogP) is 3.66. The van der Waals surface area contributed by atoms with E-state index in [0.29, 0.717) is 29.1 Å². The van der Waals surface area contributed by atoms with Crippen molar-refractivity contribution >= 4 is 29.0 Å². The Morgan fingerprint density at radius 1 is 1.40 bits per heavy atom. The van der Waals surface area contributed by atoms with E-state index >= 15 is 0 Å². The summed E-state index contributed by atoms with van der Waals surface area (Å²) in [5, 5.41) is 13.6. The summed E-state index contributed by atoms with van der Waals surface area (Å²) in [7, 11) is 0. The maximum atomic E-state index is 12.7. The van der Waals surface area contributed by atoms with Crippen LogP contribution in [0, 0.1) is 11.3 Å². The predicted molar refractivity (Wildman–Crippen MR) is 76.9 cm³/mol. The molecular formula is C13H11Cl2FN4. The van der Waals surface area contributed by atoms with Crippen LogP contribution in [-0.4, -0.2) is 9.78 Å². The summed E-state index contributed by atoms with van der Waals surface area (Å²) in [5.41, 5.74) is 7.56. The van der Waals surface area contributed by atoms with Gasteiger partial charge in [-0.1, -0.05) is 30.1 Å². The number of nitriles is 1. The first-order valence-corrected chi connectivity index (χ1v) is 6.60. The molecule has 0 spiro atoms. The molecule has 0 unspecified atom stereocenters. The smallest absolute Gasteiger partial charge is 0.168 e. The van der Waals surface area contributed by atoms with E-state index in [9.17, 15) is 4.39 Å². The number of rotatable bonds is 3. The number of benzene rings is 1. The van der Waals surface area contributed by atoms with Gasteiger partial charge in [0.1, 0.15) is 24.2 Å². The van der Waals surface area contributed by atoms with Crippen molar-refractivity contribution in [2.24, 2.45) is 0 Å². The fraction of sp³-hybridized carbons (Fsp3) is 0.231. The van der Waals surface area contributed by atoms with Gasteiger partial charge in [0.05, 0.1) is 10.0 Å². The Morgan fingerprint density at radius 2 is 2.00 bits per heavy atom. The molecule has 2 N–H and O–H groups in total. The quantitative estimate of drug-likeness (QED) is 0.940. The first-order valence-electron chi connectivity index (χ1n) is 5.85. The van der Waals surface area contributed by atoms with Crippen LogP contribution in [0.3, 0.4) is 0 Å². The monoisotopic (exact) mass is 312 g/mol. The molecule has 0 bridgehead atoms. The van der Waals surface area contributed by atoms with Crippen LogP contribution in [-0.2, 0) is 13.1 Å². The van der Waals surface area contributed by atoms with Crippen molar-refractivity contribution in [1.82, 2.24) is 9.78 Å². The summed E-state index contributed by atoms with van der Waals surface area (Å²) in [6.45, 7) is 1.20. The molecule has 0 aliphatic rings. The molecule has 0 aliphatic carbocycles. The molecule has 4 nitrogen and oxygen atoms in total. The van der Waals surface area contributed by atoms with Gasteiger partial charge in [-0.3, -0.25) is 0 Å². The van der Waals surface area contributed by atoms with Gasteiger partial charge in [-0.15, -0.1) is 0 Å². The van der Waals surface area contributed by atoms with E-state index in [2.05, 4.69) is 5.10 Å². The van der Waals surface area contributed by atoms with Crippen molar-refractivity contribution in [1.29, 1.82) is 5.26 Å². The van der Waals surface area contributed by atoms with E-state index < -0.39 is 6.67 Å². The third kappa shape index (κ3) is 2.33. The van der Waals surface area contributed by atoms with Crippen molar-refractivity contribution in [3.8, 4) is 11.8 Å². The minimum atomic E-state index is -0.669. The lowest BCUT2D eigenvalue weighted by Gasteiger charge is -2.10. The minimum absolute atomic E-state index is 0.228. The van der Waals surface area contributed by atoms with Crippen molar-refractivity contribution < 1.29 is 4.39 Å². The zero-order valence-electron chi connectivity index (χ0n) is 10.6. The second-order valence-electron chi connectivity index (χ2n) is 4.13. The molecule has 104 valence electrons. The third-order valence-electron chi connectivity index (χ3n) is 2.93. The van der Waals surface area contributed by atoms with Gasteiger partial charge in [0.25, 0.3) is 0 Å². The van der Waals surface area contributed by atoms with Crippen molar-refractivity contribution in [2.45, 2.75) is 20.0 Å². The molecule has 1 heterocycles. The fourth-order valence-corrected chi connectivity index (χ4v) is 2.66. The average Bonchev–Trinajstić information content (AvgIpc) is 2.74. The largest absolute Gasteiger partial charge is 0.383 e. The van der Waals surface area contributed by atoms with Crippen LogP contribution in [0.25, 0.3) is 5.69 Å². The van der Waals surface area contributed by atoms with Gasteiger partial charge < -0.3 is 5.73 Å². The van der Waals surface area contributed by atoms with E-state index in [-0.39, 0.29) is 15.7 Å². The maximum absolute atomic E-state index is 12.7. The summed E-state index contributed by atoms with van der Waals surface area (Å²) < 4.78 is 14.0. The van der Waals surface area contributed by atoms with Crippen LogP contribution in [0.1, 0.15) is 23.7 Å². The van der Waals surface area contributed by atoms with Crippen LogP contribution in [0.2, 0.25) is 10.0 Å². The maximum Gasteiger partial charge on any atom is 0.168 e. The van der Waals surface area contributed by atoms with Gasteiger partial charge in [-0.05, 0) is 24.1 Å². The number of anilines is 1. The van der Waals surface area contributed by atoms with Crippen molar-refractivity contribution in [3.05, 3.63) is 39.0 Å². The highest BCUT2D eigenvalue weighted by Gasteiger charge is 2.19. The van der Waals surface area contributed by atoms with E-state index in [1.54, 1.807) is 0 Å². The molecule has 1 aromatic heterocycles. The molecule has 0 fully saturated rings. The number of hydrogen-bond acceptors (Lipinski definition) is 3. The first-order chi connectivity index (χ1) is 9.53.